The maximum Gasteiger partial charge on any atom is 0.322 e. The minimum atomic E-state index is -0.350. The number of nitrogens with zero attached hydrogens (tertiary/aromatic N) is 3. The Bertz CT molecular complexity index is 1100. The van der Waals surface area contributed by atoms with E-state index in [1.165, 1.54) is 11.1 Å². The summed E-state index contributed by atoms with van der Waals surface area (Å²) < 4.78 is 5.70. The molecule has 3 heterocycles. The van der Waals surface area contributed by atoms with Crippen LogP contribution in [-0.2, 0) is 0 Å². The van der Waals surface area contributed by atoms with Gasteiger partial charge in [-0.15, -0.1) is 11.3 Å². The van der Waals surface area contributed by atoms with Gasteiger partial charge in [0.05, 0.1) is 16.5 Å². The van der Waals surface area contributed by atoms with E-state index in [9.17, 15) is 4.79 Å². The summed E-state index contributed by atoms with van der Waals surface area (Å²) in [5, 5.41) is 9.34. The molecule has 1 unspecified atom stereocenters. The molecule has 4 rings (SSSR count). The van der Waals surface area contributed by atoms with E-state index >= 15 is 0 Å². The lowest BCUT2D eigenvalue weighted by molar-refractivity contribution is 0.199. The van der Waals surface area contributed by atoms with Crippen LogP contribution in [0.25, 0.3) is 16.3 Å². The number of hydrogen-bond acceptors (Lipinski definition) is 5. The second-order valence-corrected chi connectivity index (χ2v) is 9.08. The van der Waals surface area contributed by atoms with Gasteiger partial charge in [-0.25, -0.2) is 4.79 Å². The maximum atomic E-state index is 13.0. The number of amides is 2. The van der Waals surface area contributed by atoms with E-state index in [0.29, 0.717) is 24.2 Å². The average molecular weight is 423 g/mol. The lowest BCUT2D eigenvalue weighted by atomic mass is 9.92. The fourth-order valence-corrected chi connectivity index (χ4v) is 4.33. The van der Waals surface area contributed by atoms with Crippen LogP contribution in [0.5, 0.6) is 0 Å². The molecule has 0 aliphatic carbocycles. The summed E-state index contributed by atoms with van der Waals surface area (Å²) in [5.41, 5.74) is 5.07. The molecule has 1 aliphatic rings. The molecular formula is C23H26N4O2S. The number of nitrogens with one attached hydrogen (secondary N) is 1. The minimum Gasteiger partial charge on any atom is -0.334 e. The van der Waals surface area contributed by atoms with Gasteiger partial charge in [0.25, 0.3) is 5.89 Å². The quantitative estimate of drug-likeness (QED) is 0.584. The first-order valence-corrected chi connectivity index (χ1v) is 11.0. The Morgan fingerprint density at radius 3 is 2.67 bits per heavy atom. The van der Waals surface area contributed by atoms with Crippen molar-refractivity contribution in [3.8, 4) is 10.7 Å². The number of thiophene rings is 1. The number of benzene rings is 1. The molecule has 0 saturated carbocycles. The Hall–Kier alpha value is -2.93. The highest BCUT2D eigenvalue weighted by molar-refractivity contribution is 7.13. The molecule has 2 amide bonds. The van der Waals surface area contributed by atoms with Crippen LogP contribution in [0.3, 0.4) is 0 Å². The van der Waals surface area contributed by atoms with E-state index in [1.807, 2.05) is 24.4 Å². The summed E-state index contributed by atoms with van der Waals surface area (Å²) in [6, 6.07) is 9.72. The standard InChI is InChI=1S/C23H26N4O2S/c1-13(2)12-27-16(5)19(22-25-21(26-29-22)18-7-6-10-30-18)20(24-23(27)28)17-9-8-14(3)15(4)11-17/h6-11,13,20H,12H2,1-5H3,(H,24,28). The van der Waals surface area contributed by atoms with Crippen molar-refractivity contribution in [1.29, 1.82) is 0 Å². The van der Waals surface area contributed by atoms with Gasteiger partial charge in [-0.05, 0) is 54.8 Å². The summed E-state index contributed by atoms with van der Waals surface area (Å²) >= 11 is 1.57. The molecule has 6 nitrogen and oxygen atoms in total. The first kappa shape index (κ1) is 20.3. The summed E-state index contributed by atoms with van der Waals surface area (Å²) in [7, 11) is 0. The summed E-state index contributed by atoms with van der Waals surface area (Å²) in [5.74, 6) is 1.33. The average Bonchev–Trinajstić information content (AvgIpc) is 3.38. The van der Waals surface area contributed by atoms with E-state index in [4.69, 9.17) is 4.52 Å². The lowest BCUT2D eigenvalue weighted by Gasteiger charge is -2.36. The highest BCUT2D eigenvalue weighted by Crippen LogP contribution is 2.38. The van der Waals surface area contributed by atoms with Crippen LogP contribution in [-0.4, -0.2) is 27.6 Å². The summed E-state index contributed by atoms with van der Waals surface area (Å²) in [6.07, 6.45) is 0. The summed E-state index contributed by atoms with van der Waals surface area (Å²) in [4.78, 5) is 20.4. The molecule has 1 N–H and O–H groups in total. The number of aromatic nitrogens is 2. The first-order valence-electron chi connectivity index (χ1n) is 10.1. The molecular weight excluding hydrogens is 396 g/mol. The second-order valence-electron chi connectivity index (χ2n) is 8.13. The zero-order valence-electron chi connectivity index (χ0n) is 17.9. The van der Waals surface area contributed by atoms with Crippen molar-refractivity contribution >= 4 is 22.9 Å². The van der Waals surface area contributed by atoms with Crippen molar-refractivity contribution in [3.05, 3.63) is 64.0 Å². The molecule has 0 spiro atoms. The molecule has 1 aliphatic heterocycles. The van der Waals surface area contributed by atoms with Crippen LogP contribution < -0.4 is 5.32 Å². The van der Waals surface area contributed by atoms with E-state index in [1.54, 1.807) is 16.2 Å². The second kappa shape index (κ2) is 8.07. The van der Waals surface area contributed by atoms with Crippen LogP contribution in [0, 0.1) is 19.8 Å². The number of aryl methyl sites for hydroxylation is 2. The van der Waals surface area contributed by atoms with Gasteiger partial charge in [0.15, 0.2) is 0 Å². The third-order valence-electron chi connectivity index (χ3n) is 5.41. The van der Waals surface area contributed by atoms with Crippen LogP contribution in [0.2, 0.25) is 0 Å². The van der Waals surface area contributed by atoms with Crippen molar-refractivity contribution in [1.82, 2.24) is 20.4 Å². The minimum absolute atomic E-state index is 0.105. The van der Waals surface area contributed by atoms with Gasteiger partial charge in [0, 0.05) is 12.2 Å². The van der Waals surface area contributed by atoms with Crippen molar-refractivity contribution in [3.63, 3.8) is 0 Å². The van der Waals surface area contributed by atoms with E-state index in [0.717, 1.165) is 21.7 Å². The maximum absolute atomic E-state index is 13.0. The fourth-order valence-electron chi connectivity index (χ4n) is 3.68. The highest BCUT2D eigenvalue weighted by atomic mass is 32.1. The Morgan fingerprint density at radius 1 is 1.20 bits per heavy atom. The number of allylic oxidation sites excluding steroid dienone is 1. The Kier molecular flexibility index (Phi) is 5.47. The van der Waals surface area contributed by atoms with Gasteiger partial charge in [-0.3, -0.25) is 4.90 Å². The molecule has 7 heteroatoms. The first-order chi connectivity index (χ1) is 14.3. The zero-order valence-corrected chi connectivity index (χ0v) is 18.7. The van der Waals surface area contributed by atoms with Gasteiger partial charge in [0.2, 0.25) is 5.82 Å². The SMILES string of the molecule is CC1=C(c2nc(-c3cccs3)no2)C(c2ccc(C)c(C)c2)NC(=O)N1CC(C)C. The molecule has 0 saturated heterocycles. The largest absolute Gasteiger partial charge is 0.334 e. The molecule has 30 heavy (non-hydrogen) atoms. The van der Waals surface area contributed by atoms with Crippen molar-refractivity contribution in [2.75, 3.05) is 6.54 Å². The third kappa shape index (κ3) is 3.77. The molecule has 0 radical (unpaired) electrons. The molecule has 1 atom stereocenters. The van der Waals surface area contributed by atoms with Crippen LogP contribution in [0.4, 0.5) is 4.79 Å². The number of carbonyl (C=O) groups excluding carboxylic acids is 1. The molecule has 3 aromatic rings. The number of carbonyl (C=O) groups is 1. The zero-order chi connectivity index (χ0) is 21.4. The van der Waals surface area contributed by atoms with Gasteiger partial charge < -0.3 is 9.84 Å². The van der Waals surface area contributed by atoms with Gasteiger partial charge in [-0.1, -0.05) is 43.3 Å². The predicted octanol–water partition coefficient (Wildman–Crippen LogP) is 5.57. The summed E-state index contributed by atoms with van der Waals surface area (Å²) in [6.45, 7) is 10.9. The van der Waals surface area contributed by atoms with Crippen LogP contribution in [0.1, 0.15) is 49.4 Å². The van der Waals surface area contributed by atoms with Crippen LogP contribution >= 0.6 is 11.3 Å². The van der Waals surface area contributed by atoms with Crippen molar-refractivity contribution in [2.45, 2.75) is 40.7 Å². The van der Waals surface area contributed by atoms with Gasteiger partial charge in [0.1, 0.15) is 0 Å². The lowest BCUT2D eigenvalue weighted by Crippen LogP contribution is -2.47. The number of rotatable bonds is 5. The number of hydrogen-bond donors (Lipinski definition) is 1. The van der Waals surface area contributed by atoms with E-state index < -0.39 is 0 Å². The Morgan fingerprint density at radius 2 is 2.00 bits per heavy atom. The molecule has 0 fully saturated rings. The van der Waals surface area contributed by atoms with Gasteiger partial charge >= 0.3 is 6.03 Å². The molecule has 156 valence electrons. The van der Waals surface area contributed by atoms with E-state index in [2.05, 4.69) is 61.4 Å². The predicted molar refractivity (Wildman–Crippen MR) is 119 cm³/mol. The topological polar surface area (TPSA) is 71.3 Å². The molecule has 0 bridgehead atoms. The molecule has 1 aromatic carbocycles. The monoisotopic (exact) mass is 422 g/mol. The van der Waals surface area contributed by atoms with Crippen molar-refractivity contribution < 1.29 is 9.32 Å². The third-order valence-corrected chi connectivity index (χ3v) is 6.27. The highest BCUT2D eigenvalue weighted by Gasteiger charge is 2.36. The smallest absolute Gasteiger partial charge is 0.322 e. The normalized spacial score (nSPS) is 17.1. The van der Waals surface area contributed by atoms with Crippen LogP contribution in [0.15, 0.2) is 45.9 Å². The Labute approximate surface area is 180 Å². The Balaban J connectivity index is 1.83. The number of urea groups is 1. The van der Waals surface area contributed by atoms with Crippen molar-refractivity contribution in [2.24, 2.45) is 5.92 Å². The fraction of sp³-hybridized carbons (Fsp3) is 0.348. The van der Waals surface area contributed by atoms with E-state index in [-0.39, 0.29) is 12.1 Å². The van der Waals surface area contributed by atoms with Gasteiger partial charge in [-0.2, -0.15) is 4.98 Å². The molecule has 2 aromatic heterocycles.